The molecular weight excluding hydrogens is 1130 g/mol. The normalized spacial score (nSPS) is 18.0. The van der Waals surface area contributed by atoms with Crippen LogP contribution in [0.4, 0.5) is 0 Å². The van der Waals surface area contributed by atoms with Gasteiger partial charge < -0.3 is 45.1 Å². The van der Waals surface area contributed by atoms with Gasteiger partial charge in [0.05, 0.1) is 25.4 Å². The summed E-state index contributed by atoms with van der Waals surface area (Å²) in [4.78, 5) is 26.8. The van der Waals surface area contributed by atoms with Crippen LogP contribution in [0, 0.1) is 0 Å². The summed E-state index contributed by atoms with van der Waals surface area (Å²) in [6.45, 7) is 5.88. The highest BCUT2D eigenvalue weighted by Crippen LogP contribution is 2.27. The van der Waals surface area contributed by atoms with Gasteiger partial charge in [0, 0.05) is 6.42 Å². The average Bonchev–Trinajstić information content (AvgIpc) is 1.00. The first-order chi connectivity index (χ1) is 44.7. The quantitative estimate of drug-likeness (QED) is 0.0195. The molecule has 0 aliphatic carbocycles. The number of hydrogen-bond donors (Lipinski definition) is 6. The number of amides is 1. The third-order valence-corrected chi connectivity index (χ3v) is 19.4. The van der Waals surface area contributed by atoms with Crippen LogP contribution >= 0.6 is 0 Å². The van der Waals surface area contributed by atoms with Crippen LogP contribution in [0.2, 0.25) is 0 Å². The summed E-state index contributed by atoms with van der Waals surface area (Å²) in [5.74, 6) is -1.17. The van der Waals surface area contributed by atoms with E-state index in [2.05, 4.69) is 38.2 Å². The molecule has 1 aliphatic heterocycles. The molecule has 1 fully saturated rings. The van der Waals surface area contributed by atoms with Crippen LogP contribution in [0.3, 0.4) is 0 Å². The fourth-order valence-corrected chi connectivity index (χ4v) is 13.1. The molecule has 11 heteroatoms. The van der Waals surface area contributed by atoms with E-state index in [9.17, 15) is 35.1 Å². The van der Waals surface area contributed by atoms with E-state index in [0.717, 1.165) is 57.8 Å². The zero-order valence-electron chi connectivity index (χ0n) is 60.3. The summed E-state index contributed by atoms with van der Waals surface area (Å²) >= 11 is 0. The molecule has 0 aromatic heterocycles. The summed E-state index contributed by atoms with van der Waals surface area (Å²) in [5, 5.41) is 57.5. The average molecular weight is 1290 g/mol. The Morgan fingerprint density at radius 3 is 1.07 bits per heavy atom. The number of nitrogens with one attached hydrogen (secondary N) is 1. The molecule has 538 valence electrons. The highest BCUT2D eigenvalue weighted by Gasteiger charge is 2.47. The van der Waals surface area contributed by atoms with Gasteiger partial charge in [-0.3, -0.25) is 9.59 Å². The Kier molecular flexibility index (Phi) is 65.2. The number of ether oxygens (including phenoxy) is 3. The predicted molar refractivity (Wildman–Crippen MR) is 384 cm³/mol. The second kappa shape index (κ2) is 68.1. The van der Waals surface area contributed by atoms with E-state index in [1.807, 2.05) is 6.08 Å². The Balaban J connectivity index is 2.50. The van der Waals surface area contributed by atoms with Crippen molar-refractivity contribution in [1.29, 1.82) is 0 Å². The molecule has 0 radical (unpaired) electrons. The van der Waals surface area contributed by atoms with Crippen molar-refractivity contribution in [2.75, 3.05) is 13.2 Å². The van der Waals surface area contributed by atoms with Crippen molar-refractivity contribution >= 4 is 11.9 Å². The van der Waals surface area contributed by atoms with Gasteiger partial charge in [-0.25, -0.2) is 0 Å². The summed E-state index contributed by atoms with van der Waals surface area (Å²) in [6.07, 6.45) is 73.8. The van der Waals surface area contributed by atoms with Crippen LogP contribution < -0.4 is 5.32 Å². The van der Waals surface area contributed by atoms with Crippen LogP contribution in [0.15, 0.2) is 24.3 Å². The number of rotatable bonds is 71. The number of allylic oxidation sites excluding steroid dienone is 3. The van der Waals surface area contributed by atoms with E-state index in [4.69, 9.17) is 14.2 Å². The van der Waals surface area contributed by atoms with Crippen LogP contribution in [0.1, 0.15) is 412 Å². The zero-order chi connectivity index (χ0) is 66.0. The Morgan fingerprint density at radius 2 is 0.725 bits per heavy atom. The predicted octanol–water partition coefficient (Wildman–Crippen LogP) is 21.5. The number of hydrogen-bond acceptors (Lipinski definition) is 10. The molecule has 1 rings (SSSR count). The standard InChI is InChI=1S/C80H153NO10/c1-4-7-10-13-16-19-22-25-27-29-31-33-35-37-39-41-43-45-47-50-53-56-59-62-65-68-75(85)91-78-77(87)76(86)74(69-82)90-80(78)89-70-71(72(83)66-63-60-57-54-51-48-24-21-18-15-12-9-6-3)81-79(88)73(84)67-64-61-58-55-52-49-46-44-42-40-38-36-34-32-30-28-26-23-20-17-14-11-8-5-2/h26,28,63,66,71-74,76-78,80,82-84,86-87H,4-25,27,29-62,64-65,67-70H2,1-3H3,(H,81,88)/b28-26+,66-63+. The maximum Gasteiger partial charge on any atom is 0.306 e. The number of esters is 1. The highest BCUT2D eigenvalue weighted by atomic mass is 16.7. The SMILES string of the molecule is CCCCCCCC/C=C/CCCCCCCCCCCCCCCCC(O)C(=O)NC(COC1OC(CO)C(O)C(O)C1OC(=O)CCCCCCCCCCCCCCCCCCCCCCCCCCC)C(O)/C=C/CCCCCCCCCCCCC. The lowest BCUT2D eigenvalue weighted by atomic mass is 9.99. The van der Waals surface area contributed by atoms with E-state index in [-0.39, 0.29) is 13.0 Å². The number of aliphatic hydroxyl groups excluding tert-OH is 5. The molecular formula is C80H153NO10. The first kappa shape index (κ1) is 87.2. The lowest BCUT2D eigenvalue weighted by Crippen LogP contribution is -2.61. The number of carbonyl (C=O) groups excluding carboxylic acids is 2. The zero-order valence-corrected chi connectivity index (χ0v) is 60.3. The first-order valence-corrected chi connectivity index (χ1v) is 40.1. The third kappa shape index (κ3) is 54.9. The first-order valence-electron chi connectivity index (χ1n) is 40.1. The van der Waals surface area contributed by atoms with Gasteiger partial charge in [-0.15, -0.1) is 0 Å². The summed E-state index contributed by atoms with van der Waals surface area (Å²) in [5.41, 5.74) is 0. The molecule has 1 amide bonds. The molecule has 1 heterocycles. The fourth-order valence-electron chi connectivity index (χ4n) is 13.1. The van der Waals surface area contributed by atoms with Crippen molar-refractivity contribution in [1.82, 2.24) is 5.32 Å². The third-order valence-electron chi connectivity index (χ3n) is 19.4. The van der Waals surface area contributed by atoms with Gasteiger partial charge in [0.25, 0.3) is 0 Å². The fraction of sp³-hybridized carbons (Fsp3) is 0.925. The molecule has 0 aromatic carbocycles. The van der Waals surface area contributed by atoms with Gasteiger partial charge in [-0.2, -0.15) is 0 Å². The number of unbranched alkanes of at least 4 members (excludes halogenated alkanes) is 55. The van der Waals surface area contributed by atoms with Crippen molar-refractivity contribution < 1.29 is 49.3 Å². The van der Waals surface area contributed by atoms with E-state index in [0.29, 0.717) is 19.3 Å². The van der Waals surface area contributed by atoms with Crippen LogP contribution in [-0.4, -0.2) is 99.6 Å². The number of carbonyl (C=O) groups is 2. The second-order valence-electron chi connectivity index (χ2n) is 28.2. The minimum atomic E-state index is -1.61. The molecule has 6 N–H and O–H groups in total. The Hall–Kier alpha value is -1.86. The molecule has 1 aliphatic rings. The van der Waals surface area contributed by atoms with Gasteiger partial charge in [0.2, 0.25) is 5.91 Å². The molecule has 91 heavy (non-hydrogen) atoms. The molecule has 11 nitrogen and oxygen atoms in total. The van der Waals surface area contributed by atoms with E-state index >= 15 is 0 Å². The molecule has 0 aromatic rings. The maximum absolute atomic E-state index is 13.5. The molecule has 0 saturated carbocycles. The molecule has 0 bridgehead atoms. The van der Waals surface area contributed by atoms with E-state index in [1.54, 1.807) is 6.08 Å². The van der Waals surface area contributed by atoms with Crippen molar-refractivity contribution in [3.05, 3.63) is 24.3 Å². The lowest BCUT2D eigenvalue weighted by molar-refractivity contribution is -0.305. The molecule has 0 spiro atoms. The van der Waals surface area contributed by atoms with Gasteiger partial charge >= 0.3 is 5.97 Å². The summed E-state index contributed by atoms with van der Waals surface area (Å²) in [7, 11) is 0. The lowest BCUT2D eigenvalue weighted by Gasteiger charge is -2.41. The molecule has 8 unspecified atom stereocenters. The van der Waals surface area contributed by atoms with Crippen molar-refractivity contribution in [2.45, 2.75) is 461 Å². The number of aliphatic hydroxyl groups is 5. The summed E-state index contributed by atoms with van der Waals surface area (Å²) in [6, 6.07) is -1.02. The Labute approximate surface area is 562 Å². The van der Waals surface area contributed by atoms with Gasteiger partial charge in [-0.1, -0.05) is 379 Å². The molecule has 1 saturated heterocycles. The maximum atomic E-state index is 13.5. The topological polar surface area (TPSA) is 175 Å². The smallest absolute Gasteiger partial charge is 0.306 e. The van der Waals surface area contributed by atoms with Crippen molar-refractivity contribution in [3.63, 3.8) is 0 Å². The van der Waals surface area contributed by atoms with Crippen LogP contribution in [0.25, 0.3) is 0 Å². The van der Waals surface area contributed by atoms with Gasteiger partial charge in [0.15, 0.2) is 12.4 Å². The molecule has 8 atom stereocenters. The Morgan fingerprint density at radius 1 is 0.418 bits per heavy atom. The van der Waals surface area contributed by atoms with E-state index < -0.39 is 67.4 Å². The minimum Gasteiger partial charge on any atom is -0.454 e. The Bertz CT molecular complexity index is 1580. The minimum absolute atomic E-state index is 0.131. The highest BCUT2D eigenvalue weighted by molar-refractivity contribution is 5.80. The van der Waals surface area contributed by atoms with Crippen LogP contribution in [-0.2, 0) is 23.8 Å². The van der Waals surface area contributed by atoms with E-state index in [1.165, 1.54) is 308 Å². The van der Waals surface area contributed by atoms with Crippen molar-refractivity contribution in [3.8, 4) is 0 Å². The van der Waals surface area contributed by atoms with Crippen molar-refractivity contribution in [2.24, 2.45) is 0 Å². The van der Waals surface area contributed by atoms with Crippen LogP contribution in [0.5, 0.6) is 0 Å². The van der Waals surface area contributed by atoms with Gasteiger partial charge in [-0.05, 0) is 51.4 Å². The largest absolute Gasteiger partial charge is 0.454 e. The summed E-state index contributed by atoms with van der Waals surface area (Å²) < 4.78 is 17.8. The van der Waals surface area contributed by atoms with Gasteiger partial charge in [0.1, 0.15) is 24.4 Å². The monoisotopic (exact) mass is 1290 g/mol. The second-order valence-corrected chi connectivity index (χ2v) is 28.2.